The molecule has 0 aliphatic carbocycles. The summed E-state index contributed by atoms with van der Waals surface area (Å²) in [5.74, 6) is 0.875. The lowest BCUT2D eigenvalue weighted by Crippen LogP contribution is -2.37. The summed E-state index contributed by atoms with van der Waals surface area (Å²) in [6.45, 7) is 1.73. The van der Waals surface area contributed by atoms with Crippen LogP contribution in [0.1, 0.15) is 12.0 Å². The molecule has 0 radical (unpaired) electrons. The van der Waals surface area contributed by atoms with Crippen LogP contribution in [0, 0.1) is 0 Å². The first kappa shape index (κ1) is 16.2. The molecule has 0 saturated heterocycles. The van der Waals surface area contributed by atoms with Gasteiger partial charge in [0.1, 0.15) is 5.75 Å². The zero-order chi connectivity index (χ0) is 16.8. The van der Waals surface area contributed by atoms with Crippen LogP contribution in [0.15, 0.2) is 66.5 Å². The molecule has 2 N–H and O–H groups in total. The van der Waals surface area contributed by atoms with Crippen molar-refractivity contribution in [1.29, 1.82) is 0 Å². The predicted molar refractivity (Wildman–Crippen MR) is 97.1 cm³/mol. The fourth-order valence-electron chi connectivity index (χ4n) is 2.69. The number of anilines is 1. The zero-order valence-electron chi connectivity index (χ0n) is 14.2. The average molecular weight is 324 g/mol. The molecule has 0 atom stereocenters. The summed E-state index contributed by atoms with van der Waals surface area (Å²) in [6, 6.07) is 18.4. The molecule has 126 valence electrons. The summed E-state index contributed by atoms with van der Waals surface area (Å²) in [7, 11) is 3.73. The Morgan fingerprint density at radius 1 is 1.04 bits per heavy atom. The van der Waals surface area contributed by atoms with Crippen LogP contribution < -0.4 is 15.6 Å². The second-order valence-electron chi connectivity index (χ2n) is 5.80. The highest BCUT2D eigenvalue weighted by Gasteiger charge is 2.16. The maximum atomic E-state index is 5.17. The van der Waals surface area contributed by atoms with Gasteiger partial charge in [0.25, 0.3) is 0 Å². The Balaban J connectivity index is 1.49. The van der Waals surface area contributed by atoms with Crippen LogP contribution in [0.3, 0.4) is 0 Å². The topological polar surface area (TPSA) is 39.8 Å². The molecule has 1 aliphatic rings. The van der Waals surface area contributed by atoms with Gasteiger partial charge in [0.15, 0.2) is 0 Å². The number of nitrogens with zero attached hydrogens (tertiary/aromatic N) is 2. The first-order chi connectivity index (χ1) is 11.7. The van der Waals surface area contributed by atoms with Gasteiger partial charge in [0, 0.05) is 37.6 Å². The monoisotopic (exact) mass is 324 g/mol. The van der Waals surface area contributed by atoms with E-state index in [2.05, 4.69) is 51.3 Å². The lowest BCUT2D eigenvalue weighted by atomic mass is 10.2. The number of rotatable bonds is 7. The molecule has 24 heavy (non-hydrogen) atoms. The SMILES string of the molecule is COc1ccc(NCCC2=CN(Cc3ccccc3)NN2C)cc1. The predicted octanol–water partition coefficient (Wildman–Crippen LogP) is 3.21. The van der Waals surface area contributed by atoms with E-state index in [1.165, 1.54) is 11.3 Å². The summed E-state index contributed by atoms with van der Waals surface area (Å²) < 4.78 is 5.17. The zero-order valence-corrected chi connectivity index (χ0v) is 14.2. The molecule has 0 bridgehead atoms. The molecule has 3 rings (SSSR count). The van der Waals surface area contributed by atoms with E-state index in [1.807, 2.05) is 37.4 Å². The van der Waals surface area contributed by atoms with Crippen molar-refractivity contribution in [3.63, 3.8) is 0 Å². The molecule has 2 aromatic carbocycles. The van der Waals surface area contributed by atoms with Crippen LogP contribution >= 0.6 is 0 Å². The summed E-state index contributed by atoms with van der Waals surface area (Å²) in [6.07, 6.45) is 3.11. The van der Waals surface area contributed by atoms with Crippen molar-refractivity contribution >= 4 is 5.69 Å². The fourth-order valence-corrected chi connectivity index (χ4v) is 2.69. The number of hydrogen-bond donors (Lipinski definition) is 2. The van der Waals surface area contributed by atoms with Crippen LogP contribution in [0.4, 0.5) is 5.69 Å². The van der Waals surface area contributed by atoms with Gasteiger partial charge in [-0.2, -0.15) is 0 Å². The molecule has 1 aliphatic heterocycles. The van der Waals surface area contributed by atoms with Crippen molar-refractivity contribution in [2.24, 2.45) is 0 Å². The number of hydrazine groups is 2. The van der Waals surface area contributed by atoms with Gasteiger partial charge in [0.05, 0.1) is 13.7 Å². The number of benzene rings is 2. The smallest absolute Gasteiger partial charge is 0.119 e. The first-order valence-corrected chi connectivity index (χ1v) is 8.14. The van der Waals surface area contributed by atoms with E-state index in [0.717, 1.165) is 30.9 Å². The van der Waals surface area contributed by atoms with Crippen LogP contribution in [0.25, 0.3) is 0 Å². The molecular formula is C19H24N4O. The second-order valence-corrected chi connectivity index (χ2v) is 5.80. The molecule has 5 heteroatoms. The highest BCUT2D eigenvalue weighted by molar-refractivity contribution is 5.46. The standard InChI is InChI=1S/C19H24N4O/c1-22-18(12-13-20-17-8-10-19(24-2)11-9-17)15-23(21-22)14-16-6-4-3-5-7-16/h3-11,15,20-21H,12-14H2,1-2H3. The largest absolute Gasteiger partial charge is 0.497 e. The number of nitrogens with one attached hydrogen (secondary N) is 2. The van der Waals surface area contributed by atoms with E-state index >= 15 is 0 Å². The molecule has 1 heterocycles. The van der Waals surface area contributed by atoms with Gasteiger partial charge < -0.3 is 10.1 Å². The van der Waals surface area contributed by atoms with Gasteiger partial charge in [-0.05, 0) is 29.8 Å². The number of hydrogen-bond acceptors (Lipinski definition) is 5. The molecule has 0 saturated carbocycles. The van der Waals surface area contributed by atoms with Crippen molar-refractivity contribution in [1.82, 2.24) is 15.6 Å². The van der Waals surface area contributed by atoms with Crippen LogP contribution in [-0.2, 0) is 6.54 Å². The molecule has 0 amide bonds. The van der Waals surface area contributed by atoms with Crippen LogP contribution in [0.2, 0.25) is 0 Å². The van der Waals surface area contributed by atoms with Gasteiger partial charge in [-0.15, -0.1) is 5.53 Å². The maximum Gasteiger partial charge on any atom is 0.119 e. The van der Waals surface area contributed by atoms with E-state index in [-0.39, 0.29) is 0 Å². The Morgan fingerprint density at radius 2 is 1.79 bits per heavy atom. The molecule has 0 unspecified atom stereocenters. The van der Waals surface area contributed by atoms with Gasteiger partial charge in [-0.25, -0.2) is 0 Å². The van der Waals surface area contributed by atoms with Crippen molar-refractivity contribution in [3.05, 3.63) is 72.1 Å². The van der Waals surface area contributed by atoms with Crippen molar-refractivity contribution in [3.8, 4) is 5.75 Å². The summed E-state index contributed by atoms with van der Waals surface area (Å²) >= 11 is 0. The Bertz CT molecular complexity index is 670. The Kier molecular flexibility index (Phi) is 5.23. The third-order valence-electron chi connectivity index (χ3n) is 4.01. The Morgan fingerprint density at radius 3 is 2.50 bits per heavy atom. The highest BCUT2D eigenvalue weighted by atomic mass is 16.5. The summed E-state index contributed by atoms with van der Waals surface area (Å²) in [4.78, 5) is 0. The van der Waals surface area contributed by atoms with Gasteiger partial charge in [-0.3, -0.25) is 10.0 Å². The Hall–Kier alpha value is -2.66. The molecule has 0 aromatic heterocycles. The van der Waals surface area contributed by atoms with Crippen LogP contribution in [0.5, 0.6) is 5.75 Å². The maximum absolute atomic E-state index is 5.17. The lowest BCUT2D eigenvalue weighted by Gasteiger charge is -2.21. The summed E-state index contributed by atoms with van der Waals surface area (Å²) in [5.41, 5.74) is 6.99. The van der Waals surface area contributed by atoms with E-state index in [4.69, 9.17) is 4.74 Å². The molecule has 2 aromatic rings. The third-order valence-corrected chi connectivity index (χ3v) is 4.01. The highest BCUT2D eigenvalue weighted by Crippen LogP contribution is 2.18. The number of methoxy groups -OCH3 is 1. The quantitative estimate of drug-likeness (QED) is 0.818. The molecule has 0 fully saturated rings. The van der Waals surface area contributed by atoms with Crippen LogP contribution in [-0.4, -0.2) is 30.7 Å². The molecule has 0 spiro atoms. The second kappa shape index (κ2) is 7.75. The normalized spacial score (nSPS) is 13.8. The van der Waals surface area contributed by atoms with Crippen molar-refractivity contribution < 1.29 is 4.74 Å². The van der Waals surface area contributed by atoms with E-state index in [9.17, 15) is 0 Å². The number of ether oxygens (including phenoxy) is 1. The minimum absolute atomic E-state index is 0.848. The molecule has 5 nitrogen and oxygen atoms in total. The van der Waals surface area contributed by atoms with Crippen molar-refractivity contribution in [2.75, 3.05) is 26.0 Å². The van der Waals surface area contributed by atoms with Crippen molar-refractivity contribution in [2.45, 2.75) is 13.0 Å². The molecular weight excluding hydrogens is 300 g/mol. The minimum Gasteiger partial charge on any atom is -0.497 e. The Labute approximate surface area is 143 Å². The fraction of sp³-hybridized carbons (Fsp3) is 0.263. The van der Waals surface area contributed by atoms with E-state index in [1.54, 1.807) is 7.11 Å². The average Bonchev–Trinajstić information content (AvgIpc) is 2.96. The lowest BCUT2D eigenvalue weighted by molar-refractivity contribution is 0.146. The summed E-state index contributed by atoms with van der Waals surface area (Å²) in [5, 5.41) is 7.62. The van der Waals surface area contributed by atoms with Gasteiger partial charge in [-0.1, -0.05) is 30.3 Å². The van der Waals surface area contributed by atoms with E-state index in [0.29, 0.717) is 0 Å². The van der Waals surface area contributed by atoms with E-state index < -0.39 is 0 Å². The first-order valence-electron chi connectivity index (χ1n) is 8.14. The van der Waals surface area contributed by atoms with Gasteiger partial charge >= 0.3 is 0 Å². The minimum atomic E-state index is 0.848. The van der Waals surface area contributed by atoms with Gasteiger partial charge in [0.2, 0.25) is 0 Å². The third kappa shape index (κ3) is 4.20.